The lowest BCUT2D eigenvalue weighted by atomic mass is 10.2. The minimum atomic E-state index is -5.27. The number of alkyl halides is 6. The first-order valence-electron chi connectivity index (χ1n) is 4.86. The molecule has 110 valence electrons. The highest BCUT2D eigenvalue weighted by Crippen LogP contribution is 2.30. The number of imide groups is 1. The first kappa shape index (κ1) is 15.8. The Morgan fingerprint density at radius 2 is 1.60 bits per heavy atom. The Hall–Kier alpha value is -2.26. The fourth-order valence-electron chi connectivity index (χ4n) is 1.11. The third-order valence-corrected chi connectivity index (χ3v) is 1.93. The molecule has 2 N–H and O–H groups in total. The van der Waals surface area contributed by atoms with Gasteiger partial charge in [0.1, 0.15) is 0 Å². The van der Waals surface area contributed by atoms with Gasteiger partial charge < -0.3 is 5.32 Å². The van der Waals surface area contributed by atoms with Crippen molar-refractivity contribution in [1.29, 1.82) is 0 Å². The predicted octanol–water partition coefficient (Wildman–Crippen LogP) is 2.92. The molecule has 0 spiro atoms. The number of carbonyl (C=O) groups is 2. The molecule has 0 saturated carbocycles. The van der Waals surface area contributed by atoms with Crippen LogP contribution in [0, 0.1) is 0 Å². The van der Waals surface area contributed by atoms with E-state index in [0.29, 0.717) is 12.1 Å². The molecular weight excluding hydrogens is 294 g/mol. The molecule has 0 radical (unpaired) electrons. The second-order valence-corrected chi connectivity index (χ2v) is 3.48. The average Bonchev–Trinajstić information content (AvgIpc) is 2.26. The highest BCUT2D eigenvalue weighted by atomic mass is 19.4. The standard InChI is InChI=1S/C10H6F6N2O2/c11-9(12,13)5-2-1-3-6(4-5)17-8(20)18-7(19)10(14,15)16/h1-4H,(H2,17,18,19,20). The molecule has 1 rings (SSSR count). The first-order chi connectivity index (χ1) is 9.00. The fraction of sp³-hybridized carbons (Fsp3) is 0.200. The molecule has 20 heavy (non-hydrogen) atoms. The van der Waals surface area contributed by atoms with Gasteiger partial charge >= 0.3 is 24.3 Å². The fourth-order valence-corrected chi connectivity index (χ4v) is 1.11. The third-order valence-electron chi connectivity index (χ3n) is 1.93. The van der Waals surface area contributed by atoms with Crippen molar-refractivity contribution in [1.82, 2.24) is 5.32 Å². The summed E-state index contributed by atoms with van der Waals surface area (Å²) in [6.45, 7) is 0. The lowest BCUT2D eigenvalue weighted by Crippen LogP contribution is -2.42. The molecule has 0 bridgehead atoms. The zero-order valence-electron chi connectivity index (χ0n) is 9.39. The van der Waals surface area contributed by atoms with Crippen LogP contribution in [-0.2, 0) is 11.0 Å². The van der Waals surface area contributed by atoms with Crippen LogP contribution in [0.3, 0.4) is 0 Å². The molecule has 0 aliphatic heterocycles. The lowest BCUT2D eigenvalue weighted by Gasteiger charge is -2.11. The summed E-state index contributed by atoms with van der Waals surface area (Å²) in [7, 11) is 0. The van der Waals surface area contributed by atoms with Gasteiger partial charge in [-0.25, -0.2) is 4.79 Å². The largest absolute Gasteiger partial charge is 0.471 e. The van der Waals surface area contributed by atoms with E-state index in [1.165, 1.54) is 0 Å². The predicted molar refractivity (Wildman–Crippen MR) is 54.7 cm³/mol. The molecule has 10 heteroatoms. The second-order valence-electron chi connectivity index (χ2n) is 3.48. The Bertz CT molecular complexity index is 523. The number of halogens is 6. The Labute approximate surface area is 107 Å². The van der Waals surface area contributed by atoms with Gasteiger partial charge in [0.2, 0.25) is 0 Å². The van der Waals surface area contributed by atoms with Gasteiger partial charge in [-0.2, -0.15) is 26.3 Å². The van der Waals surface area contributed by atoms with Crippen LogP contribution in [0.15, 0.2) is 24.3 Å². The van der Waals surface area contributed by atoms with Crippen LogP contribution >= 0.6 is 0 Å². The minimum Gasteiger partial charge on any atom is -0.308 e. The van der Waals surface area contributed by atoms with E-state index in [-0.39, 0.29) is 0 Å². The van der Waals surface area contributed by atoms with Gasteiger partial charge in [0.15, 0.2) is 0 Å². The van der Waals surface area contributed by atoms with Gasteiger partial charge in [0.05, 0.1) is 5.56 Å². The number of carbonyl (C=O) groups excluding carboxylic acids is 2. The van der Waals surface area contributed by atoms with E-state index in [0.717, 1.165) is 17.4 Å². The van der Waals surface area contributed by atoms with E-state index >= 15 is 0 Å². The molecule has 0 aromatic heterocycles. The summed E-state index contributed by atoms with van der Waals surface area (Å²) in [6, 6.07) is 1.60. The number of anilines is 1. The molecule has 3 amide bonds. The number of amides is 3. The molecule has 0 atom stereocenters. The highest BCUT2D eigenvalue weighted by Gasteiger charge is 2.39. The normalized spacial score (nSPS) is 11.9. The Kier molecular flexibility index (Phi) is 4.26. The van der Waals surface area contributed by atoms with Crippen LogP contribution in [0.5, 0.6) is 0 Å². The molecule has 0 saturated heterocycles. The van der Waals surface area contributed by atoms with Crippen LogP contribution in [0.2, 0.25) is 0 Å². The molecular formula is C10H6F6N2O2. The second kappa shape index (κ2) is 5.39. The third kappa shape index (κ3) is 4.44. The van der Waals surface area contributed by atoms with Crippen LogP contribution < -0.4 is 10.6 Å². The van der Waals surface area contributed by atoms with Crippen LogP contribution in [0.4, 0.5) is 36.8 Å². The summed E-state index contributed by atoms with van der Waals surface area (Å²) in [4.78, 5) is 21.4. The van der Waals surface area contributed by atoms with Crippen molar-refractivity contribution in [3.63, 3.8) is 0 Å². The highest BCUT2D eigenvalue weighted by molar-refractivity contribution is 6.02. The van der Waals surface area contributed by atoms with E-state index in [1.54, 1.807) is 5.32 Å². The molecule has 0 heterocycles. The Morgan fingerprint density at radius 3 is 2.10 bits per heavy atom. The lowest BCUT2D eigenvalue weighted by molar-refractivity contribution is -0.172. The molecule has 0 aliphatic rings. The van der Waals surface area contributed by atoms with Gasteiger partial charge in [-0.1, -0.05) is 6.07 Å². The molecule has 1 aromatic carbocycles. The monoisotopic (exact) mass is 300 g/mol. The number of nitrogens with one attached hydrogen (secondary N) is 2. The summed E-state index contributed by atoms with van der Waals surface area (Å²) in [6.07, 6.45) is -9.94. The Balaban J connectivity index is 2.75. The van der Waals surface area contributed by atoms with Crippen LogP contribution in [0.1, 0.15) is 5.56 Å². The maximum atomic E-state index is 12.3. The van der Waals surface area contributed by atoms with Gasteiger partial charge in [0, 0.05) is 5.69 Å². The maximum Gasteiger partial charge on any atom is 0.471 e. The molecule has 4 nitrogen and oxygen atoms in total. The molecule has 0 aliphatic carbocycles. The number of urea groups is 1. The van der Waals surface area contributed by atoms with Gasteiger partial charge in [0.25, 0.3) is 0 Å². The summed E-state index contributed by atoms with van der Waals surface area (Å²) < 4.78 is 72.5. The van der Waals surface area contributed by atoms with Crippen molar-refractivity contribution >= 4 is 17.6 Å². The van der Waals surface area contributed by atoms with Gasteiger partial charge in [-0.05, 0) is 18.2 Å². The zero-order chi connectivity index (χ0) is 15.6. The van der Waals surface area contributed by atoms with Crippen molar-refractivity contribution in [3.8, 4) is 0 Å². The van der Waals surface area contributed by atoms with Crippen molar-refractivity contribution in [3.05, 3.63) is 29.8 Å². The van der Waals surface area contributed by atoms with Gasteiger partial charge in [-0.3, -0.25) is 10.1 Å². The number of rotatable bonds is 1. The SMILES string of the molecule is O=C(NC(=O)C(F)(F)F)Nc1cccc(C(F)(F)F)c1. The number of hydrogen-bond donors (Lipinski definition) is 2. The van der Waals surface area contributed by atoms with Crippen molar-refractivity contribution in [2.45, 2.75) is 12.4 Å². The van der Waals surface area contributed by atoms with Crippen LogP contribution in [-0.4, -0.2) is 18.1 Å². The van der Waals surface area contributed by atoms with Crippen molar-refractivity contribution in [2.24, 2.45) is 0 Å². The topological polar surface area (TPSA) is 58.2 Å². The van der Waals surface area contributed by atoms with Crippen molar-refractivity contribution in [2.75, 3.05) is 5.32 Å². The summed E-state index contributed by atoms with van der Waals surface area (Å²) in [5.41, 5.74) is -1.51. The molecule has 0 unspecified atom stereocenters. The van der Waals surface area contributed by atoms with E-state index in [4.69, 9.17) is 0 Å². The van der Waals surface area contributed by atoms with Crippen molar-refractivity contribution < 1.29 is 35.9 Å². The molecule has 1 aromatic rings. The minimum absolute atomic E-state index is 0.410. The van der Waals surface area contributed by atoms with E-state index in [1.807, 2.05) is 0 Å². The maximum absolute atomic E-state index is 12.3. The summed E-state index contributed by atoms with van der Waals surface area (Å²) in [5, 5.41) is 2.62. The number of benzene rings is 1. The smallest absolute Gasteiger partial charge is 0.308 e. The van der Waals surface area contributed by atoms with E-state index in [2.05, 4.69) is 0 Å². The zero-order valence-corrected chi connectivity index (χ0v) is 9.39. The van der Waals surface area contributed by atoms with E-state index < -0.39 is 35.5 Å². The van der Waals surface area contributed by atoms with Gasteiger partial charge in [-0.15, -0.1) is 0 Å². The summed E-state index contributed by atoms with van der Waals surface area (Å²) in [5.74, 6) is -2.53. The summed E-state index contributed by atoms with van der Waals surface area (Å²) >= 11 is 0. The molecule has 0 fully saturated rings. The number of hydrogen-bond acceptors (Lipinski definition) is 2. The average molecular weight is 300 g/mol. The first-order valence-corrected chi connectivity index (χ1v) is 4.86. The van der Waals surface area contributed by atoms with E-state index in [9.17, 15) is 35.9 Å². The quantitative estimate of drug-likeness (QED) is 0.783. The Morgan fingerprint density at radius 1 is 1.00 bits per heavy atom. The van der Waals surface area contributed by atoms with Crippen LogP contribution in [0.25, 0.3) is 0 Å².